The second-order valence-electron chi connectivity index (χ2n) is 9.75. The SMILES string of the molecule is CCc1cccc(CC)c1-c1cc(OC)c(CN(C)C(c2ccccc2)C2CCCC2)c(C)n1. The van der Waals surface area contributed by atoms with E-state index < -0.39 is 0 Å². The van der Waals surface area contributed by atoms with Gasteiger partial charge in [0, 0.05) is 35.5 Å². The van der Waals surface area contributed by atoms with Gasteiger partial charge in [-0.05, 0) is 62.3 Å². The summed E-state index contributed by atoms with van der Waals surface area (Å²) in [6.07, 6.45) is 7.30. The van der Waals surface area contributed by atoms with Crippen LogP contribution in [0.25, 0.3) is 11.3 Å². The molecule has 3 aromatic rings. The van der Waals surface area contributed by atoms with E-state index in [4.69, 9.17) is 9.72 Å². The van der Waals surface area contributed by atoms with Gasteiger partial charge in [0.05, 0.1) is 12.8 Å². The maximum Gasteiger partial charge on any atom is 0.127 e. The molecule has 1 aliphatic rings. The number of pyridine rings is 1. The molecule has 1 aromatic heterocycles. The molecule has 0 amide bonds. The molecule has 1 saturated carbocycles. The maximum absolute atomic E-state index is 5.98. The number of aryl methyl sites for hydroxylation is 3. The third kappa shape index (κ3) is 5.05. The summed E-state index contributed by atoms with van der Waals surface area (Å²) in [5.41, 5.74) is 8.69. The lowest BCUT2D eigenvalue weighted by atomic mass is 9.90. The van der Waals surface area contributed by atoms with Gasteiger partial charge in [-0.25, -0.2) is 0 Å². The van der Waals surface area contributed by atoms with Gasteiger partial charge in [-0.1, -0.05) is 75.2 Å². The topological polar surface area (TPSA) is 25.4 Å². The lowest BCUT2D eigenvalue weighted by molar-refractivity contribution is 0.167. The van der Waals surface area contributed by atoms with Crippen LogP contribution in [0.15, 0.2) is 54.6 Å². The smallest absolute Gasteiger partial charge is 0.127 e. The maximum atomic E-state index is 5.98. The van der Waals surface area contributed by atoms with Gasteiger partial charge in [0.2, 0.25) is 0 Å². The molecular weight excluding hydrogens is 416 g/mol. The molecule has 0 aliphatic heterocycles. The normalized spacial score (nSPS) is 15.1. The Bertz CT molecular complexity index is 1060. The van der Waals surface area contributed by atoms with Crippen LogP contribution in [0.2, 0.25) is 0 Å². The molecule has 3 heteroatoms. The lowest BCUT2D eigenvalue weighted by Crippen LogP contribution is -2.30. The first-order valence-electron chi connectivity index (χ1n) is 13.0. The van der Waals surface area contributed by atoms with Gasteiger partial charge in [-0.3, -0.25) is 9.88 Å². The minimum absolute atomic E-state index is 0.417. The van der Waals surface area contributed by atoms with Crippen LogP contribution >= 0.6 is 0 Å². The molecule has 4 rings (SSSR count). The van der Waals surface area contributed by atoms with Crippen molar-refractivity contribution in [2.24, 2.45) is 5.92 Å². The summed E-state index contributed by atoms with van der Waals surface area (Å²) in [5.74, 6) is 1.65. The second-order valence-corrected chi connectivity index (χ2v) is 9.75. The third-order valence-corrected chi connectivity index (χ3v) is 7.63. The summed E-state index contributed by atoms with van der Waals surface area (Å²) < 4.78 is 5.98. The minimum atomic E-state index is 0.417. The van der Waals surface area contributed by atoms with Gasteiger partial charge in [0.1, 0.15) is 5.75 Å². The third-order valence-electron chi connectivity index (χ3n) is 7.63. The standard InChI is InChI=1S/C31H40N2O/c1-6-23-18-13-19-24(7-2)30(23)28-20-29(34-5)27(22(3)32-28)21-33(4)31(26-16-11-12-17-26)25-14-9-8-10-15-25/h8-10,13-15,18-20,26,31H,6-7,11-12,16-17,21H2,1-5H3. The average molecular weight is 457 g/mol. The van der Waals surface area contributed by atoms with Crippen LogP contribution in [0.1, 0.15) is 73.5 Å². The fourth-order valence-electron chi connectivity index (χ4n) is 5.90. The van der Waals surface area contributed by atoms with E-state index in [0.717, 1.165) is 36.5 Å². The first kappa shape index (κ1) is 24.5. The highest BCUT2D eigenvalue weighted by Gasteiger charge is 2.30. The summed E-state index contributed by atoms with van der Waals surface area (Å²) in [4.78, 5) is 7.67. The molecule has 1 aliphatic carbocycles. The molecule has 1 unspecified atom stereocenters. The quantitative estimate of drug-likeness (QED) is 0.332. The Hall–Kier alpha value is -2.65. The highest BCUT2D eigenvalue weighted by molar-refractivity contribution is 5.70. The van der Waals surface area contributed by atoms with Crippen molar-refractivity contribution in [3.05, 3.63) is 82.5 Å². The highest BCUT2D eigenvalue weighted by atomic mass is 16.5. The van der Waals surface area contributed by atoms with E-state index in [-0.39, 0.29) is 0 Å². The summed E-state index contributed by atoms with van der Waals surface area (Å²) in [7, 11) is 4.06. The molecule has 34 heavy (non-hydrogen) atoms. The monoisotopic (exact) mass is 456 g/mol. The highest BCUT2D eigenvalue weighted by Crippen LogP contribution is 2.41. The molecule has 1 atom stereocenters. The van der Waals surface area contributed by atoms with Crippen molar-refractivity contribution >= 4 is 0 Å². The molecule has 3 nitrogen and oxygen atoms in total. The zero-order valence-electron chi connectivity index (χ0n) is 21.6. The van der Waals surface area contributed by atoms with Crippen molar-refractivity contribution in [3.8, 4) is 17.0 Å². The van der Waals surface area contributed by atoms with Crippen LogP contribution in [0.4, 0.5) is 0 Å². The first-order valence-corrected chi connectivity index (χ1v) is 13.0. The molecular formula is C31H40N2O. The summed E-state index contributed by atoms with van der Waals surface area (Å²) in [6.45, 7) is 7.41. The van der Waals surface area contributed by atoms with Crippen molar-refractivity contribution in [1.82, 2.24) is 9.88 Å². The van der Waals surface area contributed by atoms with E-state index >= 15 is 0 Å². The summed E-state index contributed by atoms with van der Waals surface area (Å²) in [6, 6.07) is 20.2. The molecule has 0 spiro atoms. The van der Waals surface area contributed by atoms with Crippen LogP contribution in [0, 0.1) is 12.8 Å². The van der Waals surface area contributed by atoms with Gasteiger partial charge >= 0.3 is 0 Å². The fraction of sp³-hybridized carbons (Fsp3) is 0.452. The Morgan fingerprint density at radius 3 is 2.21 bits per heavy atom. The summed E-state index contributed by atoms with van der Waals surface area (Å²) in [5, 5.41) is 0. The molecule has 0 saturated heterocycles. The predicted molar refractivity (Wildman–Crippen MR) is 142 cm³/mol. The van der Waals surface area contributed by atoms with Gasteiger partial charge in [0.25, 0.3) is 0 Å². The molecule has 180 valence electrons. The van der Waals surface area contributed by atoms with Gasteiger partial charge in [0.15, 0.2) is 0 Å². The molecule has 1 fully saturated rings. The largest absolute Gasteiger partial charge is 0.496 e. The van der Waals surface area contributed by atoms with Crippen molar-refractivity contribution in [2.45, 2.75) is 71.9 Å². The first-order chi connectivity index (χ1) is 16.6. The Labute approximate surface area is 206 Å². The van der Waals surface area contributed by atoms with E-state index in [1.54, 1.807) is 7.11 Å². The van der Waals surface area contributed by atoms with Gasteiger partial charge < -0.3 is 4.74 Å². The number of nitrogens with zero attached hydrogens (tertiary/aromatic N) is 2. The number of rotatable bonds is 9. The van der Waals surface area contributed by atoms with Crippen LogP contribution in [0.3, 0.4) is 0 Å². The Balaban J connectivity index is 1.70. The fourth-order valence-corrected chi connectivity index (χ4v) is 5.90. The number of ether oxygens (including phenoxy) is 1. The zero-order chi connectivity index (χ0) is 24.1. The molecule has 2 aromatic carbocycles. The Morgan fingerprint density at radius 1 is 0.971 bits per heavy atom. The van der Waals surface area contributed by atoms with Crippen LogP contribution in [0.5, 0.6) is 5.75 Å². The van der Waals surface area contributed by atoms with Gasteiger partial charge in [-0.2, -0.15) is 0 Å². The van der Waals surface area contributed by atoms with E-state index in [1.165, 1.54) is 53.5 Å². The van der Waals surface area contributed by atoms with E-state index in [2.05, 4.69) is 87.3 Å². The van der Waals surface area contributed by atoms with E-state index in [9.17, 15) is 0 Å². The van der Waals surface area contributed by atoms with Crippen molar-refractivity contribution in [2.75, 3.05) is 14.2 Å². The van der Waals surface area contributed by atoms with Crippen LogP contribution < -0.4 is 4.74 Å². The minimum Gasteiger partial charge on any atom is -0.496 e. The number of benzene rings is 2. The van der Waals surface area contributed by atoms with Crippen LogP contribution in [-0.4, -0.2) is 24.0 Å². The molecule has 0 radical (unpaired) electrons. The van der Waals surface area contributed by atoms with Gasteiger partial charge in [-0.15, -0.1) is 0 Å². The van der Waals surface area contributed by atoms with Crippen LogP contribution in [-0.2, 0) is 19.4 Å². The van der Waals surface area contributed by atoms with E-state index in [0.29, 0.717) is 12.0 Å². The molecule has 1 heterocycles. The number of hydrogen-bond donors (Lipinski definition) is 0. The lowest BCUT2D eigenvalue weighted by Gasteiger charge is -2.34. The number of aromatic nitrogens is 1. The Kier molecular flexibility index (Phi) is 8.05. The Morgan fingerprint density at radius 2 is 1.62 bits per heavy atom. The number of hydrogen-bond acceptors (Lipinski definition) is 3. The van der Waals surface area contributed by atoms with Crippen molar-refractivity contribution < 1.29 is 4.74 Å². The molecule has 0 N–H and O–H groups in total. The van der Waals surface area contributed by atoms with Crippen molar-refractivity contribution in [3.63, 3.8) is 0 Å². The second kappa shape index (κ2) is 11.2. The summed E-state index contributed by atoms with van der Waals surface area (Å²) >= 11 is 0. The van der Waals surface area contributed by atoms with Crippen molar-refractivity contribution in [1.29, 1.82) is 0 Å². The predicted octanol–water partition coefficient (Wildman–Crippen LogP) is 7.55. The average Bonchev–Trinajstić information content (AvgIpc) is 3.39. The molecule has 0 bridgehead atoms. The van der Waals surface area contributed by atoms with E-state index in [1.807, 2.05) is 0 Å². The zero-order valence-corrected chi connectivity index (χ0v) is 21.6. The number of methoxy groups -OCH3 is 1.